The lowest BCUT2D eigenvalue weighted by atomic mass is 9.93. The van der Waals surface area contributed by atoms with Crippen LogP contribution in [0.5, 0.6) is 5.75 Å². The number of carbonyl (C=O) groups excluding carboxylic acids is 1. The van der Waals surface area contributed by atoms with Gasteiger partial charge < -0.3 is 24.0 Å². The number of aromatic carboxylic acids is 1. The van der Waals surface area contributed by atoms with Crippen molar-refractivity contribution in [3.63, 3.8) is 0 Å². The summed E-state index contributed by atoms with van der Waals surface area (Å²) in [7, 11) is 3.37. The fourth-order valence-electron chi connectivity index (χ4n) is 5.11. The Labute approximate surface area is 219 Å². The van der Waals surface area contributed by atoms with E-state index in [9.17, 15) is 19.5 Å². The van der Waals surface area contributed by atoms with Gasteiger partial charge >= 0.3 is 12.1 Å². The standard InChI is InChI=1S/C28H32N2O6S/c1-28(2,3)36-27(34)29(4)20-8-6-7-15-13-21(37-25(15)20)17-11-12-18-22(24(17)35-5)30(16-9-10-16)14-19(23(18)31)26(32)33/h11-14,16,20H,6-10H2,1-5H3,(H,32,33). The minimum absolute atomic E-state index is 0.0772. The Bertz CT molecular complexity index is 1460. The second-order valence-electron chi connectivity index (χ2n) is 10.9. The highest BCUT2D eigenvalue weighted by Crippen LogP contribution is 2.47. The van der Waals surface area contributed by atoms with Gasteiger partial charge in [0.1, 0.15) is 11.2 Å². The highest BCUT2D eigenvalue weighted by molar-refractivity contribution is 7.15. The molecule has 2 aromatic heterocycles. The van der Waals surface area contributed by atoms with Crippen molar-refractivity contribution in [2.45, 2.75) is 70.6 Å². The van der Waals surface area contributed by atoms with Crippen LogP contribution in [-0.4, -0.2) is 46.4 Å². The summed E-state index contributed by atoms with van der Waals surface area (Å²) in [6.07, 6.45) is 5.72. The number of rotatable bonds is 5. The van der Waals surface area contributed by atoms with Gasteiger partial charge in [-0.15, -0.1) is 11.3 Å². The van der Waals surface area contributed by atoms with Crippen molar-refractivity contribution < 1.29 is 24.2 Å². The van der Waals surface area contributed by atoms with Gasteiger partial charge in [-0.3, -0.25) is 4.79 Å². The molecule has 0 spiro atoms. The molecule has 1 amide bonds. The van der Waals surface area contributed by atoms with E-state index < -0.39 is 17.0 Å². The van der Waals surface area contributed by atoms with E-state index in [1.54, 1.807) is 36.5 Å². The molecule has 1 saturated carbocycles. The largest absolute Gasteiger partial charge is 0.494 e. The van der Waals surface area contributed by atoms with Gasteiger partial charge in [-0.2, -0.15) is 0 Å². The summed E-state index contributed by atoms with van der Waals surface area (Å²) in [6, 6.07) is 5.78. The molecule has 3 aromatic rings. The van der Waals surface area contributed by atoms with Crippen molar-refractivity contribution in [1.29, 1.82) is 0 Å². The van der Waals surface area contributed by atoms with Crippen molar-refractivity contribution in [1.82, 2.24) is 9.47 Å². The van der Waals surface area contributed by atoms with Crippen LogP contribution < -0.4 is 10.2 Å². The van der Waals surface area contributed by atoms with E-state index in [4.69, 9.17) is 9.47 Å². The molecular weight excluding hydrogens is 492 g/mol. The minimum atomic E-state index is -1.23. The zero-order chi connectivity index (χ0) is 26.6. The number of pyridine rings is 1. The molecule has 9 heteroatoms. The molecule has 1 unspecified atom stereocenters. The number of nitrogens with zero attached hydrogens (tertiary/aromatic N) is 2. The normalized spacial score (nSPS) is 17.4. The summed E-state index contributed by atoms with van der Waals surface area (Å²) < 4.78 is 13.4. The van der Waals surface area contributed by atoms with Gasteiger partial charge in [-0.1, -0.05) is 0 Å². The lowest BCUT2D eigenvalue weighted by Gasteiger charge is -2.32. The number of amides is 1. The molecule has 2 heterocycles. The van der Waals surface area contributed by atoms with Gasteiger partial charge in [0.15, 0.2) is 5.75 Å². The van der Waals surface area contributed by atoms with Crippen molar-refractivity contribution in [3.05, 3.63) is 50.6 Å². The summed E-state index contributed by atoms with van der Waals surface area (Å²) in [6.45, 7) is 5.59. The lowest BCUT2D eigenvalue weighted by molar-refractivity contribution is 0.0208. The zero-order valence-electron chi connectivity index (χ0n) is 21.8. The Hall–Kier alpha value is -3.33. The molecule has 1 aromatic carbocycles. The first-order valence-electron chi connectivity index (χ1n) is 12.6. The van der Waals surface area contributed by atoms with Crippen LogP contribution in [0.4, 0.5) is 4.79 Å². The second-order valence-corrected chi connectivity index (χ2v) is 11.9. The lowest BCUT2D eigenvalue weighted by Crippen LogP contribution is -2.37. The molecule has 2 aliphatic carbocycles. The van der Waals surface area contributed by atoms with Crippen LogP contribution in [-0.2, 0) is 11.2 Å². The number of methoxy groups -OCH3 is 1. The Kier molecular flexibility index (Phi) is 6.30. The minimum Gasteiger partial charge on any atom is -0.494 e. The van der Waals surface area contributed by atoms with Gasteiger partial charge in [-0.05, 0) is 76.6 Å². The molecule has 1 fully saturated rings. The number of fused-ring (bicyclic) bond motifs is 2. The van der Waals surface area contributed by atoms with Crippen LogP contribution in [0.25, 0.3) is 21.3 Å². The van der Waals surface area contributed by atoms with Crippen LogP contribution in [0.3, 0.4) is 0 Å². The second kappa shape index (κ2) is 9.20. The molecule has 5 rings (SSSR count). The average Bonchev–Trinajstić information content (AvgIpc) is 3.59. The maximum Gasteiger partial charge on any atom is 0.410 e. The van der Waals surface area contributed by atoms with E-state index in [2.05, 4.69) is 6.07 Å². The molecule has 0 aliphatic heterocycles. The number of thiophene rings is 1. The fourth-order valence-corrected chi connectivity index (χ4v) is 6.53. The summed E-state index contributed by atoms with van der Waals surface area (Å²) >= 11 is 1.63. The number of benzene rings is 1. The van der Waals surface area contributed by atoms with E-state index in [0.717, 1.165) is 47.4 Å². The van der Waals surface area contributed by atoms with Gasteiger partial charge in [0.05, 0.1) is 24.1 Å². The zero-order valence-corrected chi connectivity index (χ0v) is 22.6. The first-order chi connectivity index (χ1) is 17.5. The average molecular weight is 525 g/mol. The smallest absolute Gasteiger partial charge is 0.410 e. The van der Waals surface area contributed by atoms with Gasteiger partial charge in [0.25, 0.3) is 0 Å². The Balaban J connectivity index is 1.61. The number of hydrogen-bond acceptors (Lipinski definition) is 6. The molecule has 196 valence electrons. The fraction of sp³-hybridized carbons (Fsp3) is 0.464. The van der Waals surface area contributed by atoms with Gasteiger partial charge in [0, 0.05) is 34.6 Å². The first-order valence-corrected chi connectivity index (χ1v) is 13.4. The third kappa shape index (κ3) is 4.61. The molecule has 1 atom stereocenters. The third-order valence-corrected chi connectivity index (χ3v) is 8.32. The molecule has 2 aliphatic rings. The number of hydrogen-bond donors (Lipinski definition) is 1. The summed E-state index contributed by atoms with van der Waals surface area (Å²) in [5.41, 5.74) is 1.38. The van der Waals surface area contributed by atoms with Crippen LogP contribution in [0, 0.1) is 0 Å². The van der Waals surface area contributed by atoms with E-state index in [1.807, 2.05) is 31.4 Å². The molecular formula is C28H32N2O6S. The maximum absolute atomic E-state index is 13.0. The molecule has 8 nitrogen and oxygen atoms in total. The van der Waals surface area contributed by atoms with Crippen LogP contribution in [0.1, 0.15) is 79.3 Å². The van der Waals surface area contributed by atoms with Crippen molar-refractivity contribution in [2.24, 2.45) is 0 Å². The number of carboxylic acids is 1. The van der Waals surface area contributed by atoms with E-state index in [0.29, 0.717) is 16.7 Å². The molecule has 0 bridgehead atoms. The number of aromatic nitrogens is 1. The first kappa shape index (κ1) is 25.3. The summed E-state index contributed by atoms with van der Waals surface area (Å²) in [5, 5.41) is 9.94. The highest BCUT2D eigenvalue weighted by atomic mass is 32.1. The topological polar surface area (TPSA) is 98.1 Å². The third-order valence-electron chi connectivity index (χ3n) is 7.00. The SMILES string of the molecule is COc1c(-c2cc3c(s2)C(N(C)C(=O)OC(C)(C)C)CCC3)ccc2c(=O)c(C(=O)O)cn(C3CC3)c12. The Morgan fingerprint density at radius 3 is 2.54 bits per heavy atom. The molecule has 1 N–H and O–H groups in total. The molecule has 0 radical (unpaired) electrons. The Morgan fingerprint density at radius 1 is 1.19 bits per heavy atom. The van der Waals surface area contributed by atoms with Gasteiger partial charge in [-0.25, -0.2) is 9.59 Å². The monoisotopic (exact) mass is 524 g/mol. The predicted octanol–water partition coefficient (Wildman–Crippen LogP) is 6.02. The number of carbonyl (C=O) groups is 2. The van der Waals surface area contributed by atoms with E-state index >= 15 is 0 Å². The van der Waals surface area contributed by atoms with Crippen molar-refractivity contribution >= 4 is 34.3 Å². The summed E-state index contributed by atoms with van der Waals surface area (Å²) in [4.78, 5) is 41.4. The maximum atomic E-state index is 13.0. The molecule has 37 heavy (non-hydrogen) atoms. The Morgan fingerprint density at radius 2 is 1.92 bits per heavy atom. The highest BCUT2D eigenvalue weighted by Gasteiger charge is 2.33. The number of ether oxygens (including phenoxy) is 2. The van der Waals surface area contributed by atoms with E-state index in [-0.39, 0.29) is 23.7 Å². The quantitative estimate of drug-likeness (QED) is 0.439. The van der Waals surface area contributed by atoms with Crippen LogP contribution in [0.15, 0.2) is 29.2 Å². The van der Waals surface area contributed by atoms with Crippen LogP contribution in [0.2, 0.25) is 0 Å². The summed E-state index contributed by atoms with van der Waals surface area (Å²) in [5.74, 6) is -0.662. The van der Waals surface area contributed by atoms with Crippen molar-refractivity contribution in [3.8, 4) is 16.2 Å². The predicted molar refractivity (Wildman–Crippen MR) is 143 cm³/mol. The van der Waals surface area contributed by atoms with Gasteiger partial charge in [0.2, 0.25) is 5.43 Å². The number of aryl methyl sites for hydroxylation is 1. The number of carboxylic acid groups (broad SMARTS) is 1. The molecule has 0 saturated heterocycles. The van der Waals surface area contributed by atoms with Crippen molar-refractivity contribution in [2.75, 3.05) is 14.2 Å². The van der Waals surface area contributed by atoms with E-state index in [1.165, 1.54) is 11.8 Å². The van der Waals surface area contributed by atoms with Crippen LogP contribution >= 0.6 is 11.3 Å².